The molecule has 0 bridgehead atoms. The third-order valence-electron chi connectivity index (χ3n) is 4.04. The summed E-state index contributed by atoms with van der Waals surface area (Å²) in [6.07, 6.45) is 9.73. The number of rotatable bonds is 4. The van der Waals surface area contributed by atoms with Gasteiger partial charge in [-0.05, 0) is 45.2 Å². The van der Waals surface area contributed by atoms with Crippen molar-refractivity contribution >= 4 is 11.3 Å². The fourth-order valence-corrected chi connectivity index (χ4v) is 3.94. The SMILES string of the molecule is Cc1ccc(C(C)NC2CCCC2n2ccnc2)s1. The van der Waals surface area contributed by atoms with Gasteiger partial charge in [0.1, 0.15) is 0 Å². The van der Waals surface area contributed by atoms with E-state index in [1.165, 1.54) is 29.0 Å². The van der Waals surface area contributed by atoms with Crippen molar-refractivity contribution in [3.05, 3.63) is 40.6 Å². The molecule has 1 fully saturated rings. The first-order valence-electron chi connectivity index (χ1n) is 7.04. The van der Waals surface area contributed by atoms with E-state index in [0.717, 1.165) is 0 Å². The van der Waals surface area contributed by atoms with Gasteiger partial charge in [-0.2, -0.15) is 0 Å². The molecule has 0 aromatic carbocycles. The number of thiophene rings is 1. The second-order valence-electron chi connectivity index (χ2n) is 5.45. The van der Waals surface area contributed by atoms with E-state index >= 15 is 0 Å². The topological polar surface area (TPSA) is 29.9 Å². The molecule has 0 aliphatic heterocycles. The van der Waals surface area contributed by atoms with Gasteiger partial charge in [0.15, 0.2) is 0 Å². The van der Waals surface area contributed by atoms with Crippen molar-refractivity contribution in [3.63, 3.8) is 0 Å². The van der Waals surface area contributed by atoms with Crippen LogP contribution in [0.3, 0.4) is 0 Å². The number of aryl methyl sites for hydroxylation is 1. The zero-order valence-corrected chi connectivity index (χ0v) is 12.4. The molecule has 3 atom stereocenters. The summed E-state index contributed by atoms with van der Waals surface area (Å²) >= 11 is 1.90. The van der Waals surface area contributed by atoms with Crippen molar-refractivity contribution in [2.75, 3.05) is 0 Å². The molecular formula is C15H21N3S. The average molecular weight is 275 g/mol. The molecule has 0 spiro atoms. The third-order valence-corrected chi connectivity index (χ3v) is 5.22. The van der Waals surface area contributed by atoms with Gasteiger partial charge in [-0.1, -0.05) is 0 Å². The molecule has 1 saturated carbocycles. The Hall–Kier alpha value is -1.13. The van der Waals surface area contributed by atoms with Crippen LogP contribution in [0.25, 0.3) is 0 Å². The maximum Gasteiger partial charge on any atom is 0.0949 e. The quantitative estimate of drug-likeness (QED) is 0.922. The lowest BCUT2D eigenvalue weighted by molar-refractivity contribution is 0.364. The Morgan fingerprint density at radius 2 is 2.32 bits per heavy atom. The van der Waals surface area contributed by atoms with E-state index in [9.17, 15) is 0 Å². The molecule has 2 aromatic rings. The van der Waals surface area contributed by atoms with Crippen LogP contribution in [0.5, 0.6) is 0 Å². The van der Waals surface area contributed by atoms with Gasteiger partial charge in [0.25, 0.3) is 0 Å². The van der Waals surface area contributed by atoms with Crippen LogP contribution >= 0.6 is 11.3 Å². The molecule has 1 N–H and O–H groups in total. The highest BCUT2D eigenvalue weighted by atomic mass is 32.1. The molecule has 1 aliphatic carbocycles. The van der Waals surface area contributed by atoms with Gasteiger partial charge in [0.2, 0.25) is 0 Å². The van der Waals surface area contributed by atoms with Crippen molar-refractivity contribution in [3.8, 4) is 0 Å². The van der Waals surface area contributed by atoms with Crippen LogP contribution in [0, 0.1) is 6.92 Å². The van der Waals surface area contributed by atoms with Crippen LogP contribution in [0.2, 0.25) is 0 Å². The van der Waals surface area contributed by atoms with Gasteiger partial charge >= 0.3 is 0 Å². The Balaban J connectivity index is 1.68. The lowest BCUT2D eigenvalue weighted by atomic mass is 10.1. The van der Waals surface area contributed by atoms with Crippen LogP contribution < -0.4 is 5.32 Å². The summed E-state index contributed by atoms with van der Waals surface area (Å²) in [5.74, 6) is 0. The molecule has 3 nitrogen and oxygen atoms in total. The van der Waals surface area contributed by atoms with Crippen molar-refractivity contribution in [2.45, 2.75) is 51.2 Å². The van der Waals surface area contributed by atoms with Crippen LogP contribution in [0.15, 0.2) is 30.9 Å². The zero-order valence-electron chi connectivity index (χ0n) is 11.5. The normalized spacial score (nSPS) is 24.7. The number of hydrogen-bond donors (Lipinski definition) is 1. The summed E-state index contributed by atoms with van der Waals surface area (Å²) in [5, 5.41) is 3.81. The van der Waals surface area contributed by atoms with Crippen LogP contribution in [-0.4, -0.2) is 15.6 Å². The predicted molar refractivity (Wildman–Crippen MR) is 79.5 cm³/mol. The molecule has 2 aromatic heterocycles. The van der Waals surface area contributed by atoms with E-state index in [2.05, 4.69) is 47.0 Å². The van der Waals surface area contributed by atoms with Gasteiger partial charge in [0.05, 0.1) is 6.33 Å². The van der Waals surface area contributed by atoms with E-state index < -0.39 is 0 Å². The predicted octanol–water partition coefficient (Wildman–Crippen LogP) is 3.70. The highest BCUT2D eigenvalue weighted by Gasteiger charge is 2.29. The number of hydrogen-bond acceptors (Lipinski definition) is 3. The third kappa shape index (κ3) is 2.74. The molecular weight excluding hydrogens is 254 g/mol. The molecule has 2 heterocycles. The Morgan fingerprint density at radius 1 is 1.42 bits per heavy atom. The molecule has 4 heteroatoms. The highest BCUT2D eigenvalue weighted by molar-refractivity contribution is 7.12. The second kappa shape index (κ2) is 5.47. The first kappa shape index (κ1) is 12.9. The highest BCUT2D eigenvalue weighted by Crippen LogP contribution is 2.32. The fraction of sp³-hybridized carbons (Fsp3) is 0.533. The lowest BCUT2D eigenvalue weighted by Crippen LogP contribution is -2.35. The van der Waals surface area contributed by atoms with Crippen LogP contribution in [0.1, 0.15) is 48.0 Å². The zero-order chi connectivity index (χ0) is 13.2. The second-order valence-corrected chi connectivity index (χ2v) is 6.77. The number of nitrogens with zero attached hydrogens (tertiary/aromatic N) is 2. The lowest BCUT2D eigenvalue weighted by Gasteiger charge is -2.25. The standard InChI is InChI=1S/C15H21N3S/c1-11-6-7-15(19-11)12(2)17-13-4-3-5-14(13)18-9-8-16-10-18/h6-10,12-14,17H,3-5H2,1-2H3. The maximum atomic E-state index is 4.18. The van der Waals surface area contributed by atoms with Gasteiger partial charge in [-0.15, -0.1) is 11.3 Å². The molecule has 0 saturated heterocycles. The minimum absolute atomic E-state index is 0.438. The first-order chi connectivity index (χ1) is 9.24. The molecule has 0 radical (unpaired) electrons. The smallest absolute Gasteiger partial charge is 0.0949 e. The molecule has 3 rings (SSSR count). The average Bonchev–Trinajstić information content (AvgIpc) is 3.07. The molecule has 1 aliphatic rings. The Bertz CT molecular complexity index is 517. The summed E-state index contributed by atoms with van der Waals surface area (Å²) < 4.78 is 2.26. The van der Waals surface area contributed by atoms with Crippen LogP contribution in [0.4, 0.5) is 0 Å². The molecule has 3 unspecified atom stereocenters. The van der Waals surface area contributed by atoms with Gasteiger partial charge in [-0.3, -0.25) is 0 Å². The van der Waals surface area contributed by atoms with Crippen LogP contribution in [-0.2, 0) is 0 Å². The van der Waals surface area contributed by atoms with Crippen molar-refractivity contribution < 1.29 is 0 Å². The monoisotopic (exact) mass is 275 g/mol. The molecule has 102 valence electrons. The van der Waals surface area contributed by atoms with E-state index in [1.807, 2.05) is 23.9 Å². The van der Waals surface area contributed by atoms with Gasteiger partial charge in [-0.25, -0.2) is 4.98 Å². The molecule has 0 amide bonds. The van der Waals surface area contributed by atoms with E-state index in [4.69, 9.17) is 0 Å². The van der Waals surface area contributed by atoms with E-state index in [1.54, 1.807) is 0 Å². The van der Waals surface area contributed by atoms with Crippen molar-refractivity contribution in [2.24, 2.45) is 0 Å². The minimum atomic E-state index is 0.438. The Morgan fingerprint density at radius 3 is 3.00 bits per heavy atom. The maximum absolute atomic E-state index is 4.18. The fourth-order valence-electron chi connectivity index (χ4n) is 3.05. The minimum Gasteiger partial charge on any atom is -0.333 e. The Kier molecular flexibility index (Phi) is 3.71. The van der Waals surface area contributed by atoms with Crippen molar-refractivity contribution in [1.82, 2.24) is 14.9 Å². The summed E-state index contributed by atoms with van der Waals surface area (Å²) in [6.45, 7) is 4.44. The molecule has 19 heavy (non-hydrogen) atoms. The summed E-state index contributed by atoms with van der Waals surface area (Å²) in [5.41, 5.74) is 0. The largest absolute Gasteiger partial charge is 0.333 e. The number of nitrogens with one attached hydrogen (secondary N) is 1. The summed E-state index contributed by atoms with van der Waals surface area (Å²) in [6, 6.07) is 6.02. The van der Waals surface area contributed by atoms with Crippen molar-refractivity contribution in [1.29, 1.82) is 0 Å². The first-order valence-corrected chi connectivity index (χ1v) is 7.85. The number of aromatic nitrogens is 2. The summed E-state index contributed by atoms with van der Waals surface area (Å²) in [7, 11) is 0. The van der Waals surface area contributed by atoms with E-state index in [-0.39, 0.29) is 0 Å². The number of imidazole rings is 1. The Labute approximate surface area is 118 Å². The van der Waals surface area contributed by atoms with E-state index in [0.29, 0.717) is 18.1 Å². The van der Waals surface area contributed by atoms with Gasteiger partial charge < -0.3 is 9.88 Å². The summed E-state index contributed by atoms with van der Waals surface area (Å²) in [4.78, 5) is 7.01. The van der Waals surface area contributed by atoms with Gasteiger partial charge in [0, 0.05) is 40.3 Å².